The molecule has 0 aliphatic carbocycles. The number of para-hydroxylation sites is 2. The lowest BCUT2D eigenvalue weighted by atomic mass is 10.1. The van der Waals surface area contributed by atoms with Crippen LogP contribution in [0.15, 0.2) is 54.7 Å². The number of rotatable bonds is 4. The number of aromatic nitrogens is 1. The fourth-order valence-electron chi connectivity index (χ4n) is 2.42. The first-order valence-corrected chi connectivity index (χ1v) is 6.82. The Kier molecular flexibility index (Phi) is 3.62. The molecule has 5 heteroatoms. The van der Waals surface area contributed by atoms with Crippen LogP contribution < -0.4 is 5.32 Å². The molecule has 1 heterocycles. The van der Waals surface area contributed by atoms with Gasteiger partial charge in [0.15, 0.2) is 0 Å². The third kappa shape index (κ3) is 2.69. The molecule has 3 N–H and O–H groups in total. The van der Waals surface area contributed by atoms with Crippen LogP contribution >= 0.6 is 0 Å². The van der Waals surface area contributed by atoms with Gasteiger partial charge in [0.1, 0.15) is 0 Å². The predicted octanol–water partition coefficient (Wildman–Crippen LogP) is 3.05. The van der Waals surface area contributed by atoms with Crippen molar-refractivity contribution < 1.29 is 14.7 Å². The van der Waals surface area contributed by atoms with Gasteiger partial charge in [-0.3, -0.25) is 4.79 Å². The molecule has 3 aromatic rings. The molecule has 110 valence electrons. The Labute approximate surface area is 126 Å². The highest BCUT2D eigenvalue weighted by atomic mass is 16.4. The molecule has 0 unspecified atom stereocenters. The summed E-state index contributed by atoms with van der Waals surface area (Å²) in [6.45, 7) is 0. The van der Waals surface area contributed by atoms with Gasteiger partial charge < -0.3 is 15.4 Å². The lowest BCUT2D eigenvalue weighted by Gasteiger charge is -2.07. The molecular formula is C17H14N2O3. The van der Waals surface area contributed by atoms with Crippen molar-refractivity contribution in [3.8, 4) is 0 Å². The first-order chi connectivity index (χ1) is 10.6. The number of carbonyl (C=O) groups excluding carboxylic acids is 1. The van der Waals surface area contributed by atoms with Crippen LogP contribution in [0.25, 0.3) is 10.9 Å². The highest BCUT2D eigenvalue weighted by Gasteiger charge is 2.13. The first kappa shape index (κ1) is 13.9. The number of aromatic carboxylic acids is 1. The average molecular weight is 294 g/mol. The molecule has 1 aromatic heterocycles. The molecule has 0 saturated heterocycles. The Morgan fingerprint density at radius 3 is 2.59 bits per heavy atom. The largest absolute Gasteiger partial charge is 0.478 e. The van der Waals surface area contributed by atoms with Crippen molar-refractivity contribution in [3.63, 3.8) is 0 Å². The molecule has 3 rings (SSSR count). The van der Waals surface area contributed by atoms with E-state index in [2.05, 4.69) is 10.3 Å². The normalized spacial score (nSPS) is 10.5. The van der Waals surface area contributed by atoms with E-state index >= 15 is 0 Å². The van der Waals surface area contributed by atoms with Crippen LogP contribution in [0, 0.1) is 0 Å². The van der Waals surface area contributed by atoms with Gasteiger partial charge in [0.2, 0.25) is 5.91 Å². The summed E-state index contributed by atoms with van der Waals surface area (Å²) in [5, 5.41) is 12.8. The average Bonchev–Trinajstić information content (AvgIpc) is 2.91. The van der Waals surface area contributed by atoms with Gasteiger partial charge >= 0.3 is 5.97 Å². The van der Waals surface area contributed by atoms with Crippen molar-refractivity contribution in [1.82, 2.24) is 4.98 Å². The monoisotopic (exact) mass is 294 g/mol. The number of carboxylic acids is 1. The summed E-state index contributed by atoms with van der Waals surface area (Å²) >= 11 is 0. The predicted molar refractivity (Wildman–Crippen MR) is 84.0 cm³/mol. The van der Waals surface area contributed by atoms with E-state index in [1.165, 1.54) is 6.07 Å². The molecule has 0 aliphatic heterocycles. The Morgan fingerprint density at radius 1 is 1.05 bits per heavy atom. The fraction of sp³-hybridized carbons (Fsp3) is 0.0588. The maximum Gasteiger partial charge on any atom is 0.337 e. The van der Waals surface area contributed by atoms with E-state index in [-0.39, 0.29) is 17.9 Å². The molecule has 0 fully saturated rings. The van der Waals surface area contributed by atoms with Crippen molar-refractivity contribution >= 4 is 28.5 Å². The van der Waals surface area contributed by atoms with Crippen molar-refractivity contribution in [3.05, 3.63) is 65.9 Å². The van der Waals surface area contributed by atoms with Crippen LogP contribution in [0.1, 0.15) is 15.9 Å². The minimum absolute atomic E-state index is 0.0785. The van der Waals surface area contributed by atoms with Crippen molar-refractivity contribution in [2.24, 2.45) is 0 Å². The van der Waals surface area contributed by atoms with Crippen LogP contribution in [-0.2, 0) is 11.2 Å². The molecule has 0 aliphatic rings. The molecule has 1 amide bonds. The van der Waals surface area contributed by atoms with Gasteiger partial charge in [0.25, 0.3) is 0 Å². The topological polar surface area (TPSA) is 82.2 Å². The molecule has 0 atom stereocenters. The van der Waals surface area contributed by atoms with E-state index in [0.717, 1.165) is 16.5 Å². The summed E-state index contributed by atoms with van der Waals surface area (Å²) in [6, 6.07) is 14.1. The number of benzene rings is 2. The number of fused-ring (bicyclic) bond motifs is 1. The van der Waals surface area contributed by atoms with Crippen LogP contribution in [-0.4, -0.2) is 22.0 Å². The summed E-state index contributed by atoms with van der Waals surface area (Å²) in [4.78, 5) is 26.4. The number of hydrogen-bond acceptors (Lipinski definition) is 2. The van der Waals surface area contributed by atoms with Gasteiger partial charge in [-0.05, 0) is 23.8 Å². The number of carbonyl (C=O) groups is 2. The first-order valence-electron chi connectivity index (χ1n) is 6.82. The molecule has 0 bridgehead atoms. The third-order valence-electron chi connectivity index (χ3n) is 3.46. The van der Waals surface area contributed by atoms with E-state index in [1.54, 1.807) is 24.4 Å². The second kappa shape index (κ2) is 5.73. The SMILES string of the molecule is O=C(Cc1c[nH]c2ccccc12)Nc1ccccc1C(=O)O. The number of aromatic amines is 1. The molecule has 22 heavy (non-hydrogen) atoms. The molecule has 0 radical (unpaired) electrons. The van der Waals surface area contributed by atoms with E-state index in [9.17, 15) is 9.59 Å². The van der Waals surface area contributed by atoms with E-state index in [0.29, 0.717) is 5.69 Å². The number of carboxylic acid groups (broad SMARTS) is 1. The molecular weight excluding hydrogens is 280 g/mol. The number of anilines is 1. The zero-order chi connectivity index (χ0) is 15.5. The highest BCUT2D eigenvalue weighted by molar-refractivity contribution is 6.02. The van der Waals surface area contributed by atoms with Gasteiger partial charge in [-0.25, -0.2) is 4.79 Å². The number of H-pyrrole nitrogens is 1. The Bertz CT molecular complexity index is 852. The summed E-state index contributed by atoms with van der Waals surface area (Å²) in [5.74, 6) is -1.32. The lowest BCUT2D eigenvalue weighted by Crippen LogP contribution is -2.16. The Balaban J connectivity index is 1.80. The van der Waals surface area contributed by atoms with Crippen LogP contribution in [0.5, 0.6) is 0 Å². The second-order valence-electron chi connectivity index (χ2n) is 4.94. The summed E-state index contributed by atoms with van der Waals surface area (Å²) in [5.41, 5.74) is 2.23. The third-order valence-corrected chi connectivity index (χ3v) is 3.46. The van der Waals surface area contributed by atoms with Gasteiger partial charge in [-0.2, -0.15) is 0 Å². The Morgan fingerprint density at radius 2 is 1.77 bits per heavy atom. The van der Waals surface area contributed by atoms with Gasteiger partial charge in [-0.15, -0.1) is 0 Å². The fourth-order valence-corrected chi connectivity index (χ4v) is 2.42. The molecule has 5 nitrogen and oxygen atoms in total. The Hall–Kier alpha value is -3.08. The zero-order valence-corrected chi connectivity index (χ0v) is 11.7. The van der Waals surface area contributed by atoms with Crippen LogP contribution in [0.2, 0.25) is 0 Å². The van der Waals surface area contributed by atoms with Crippen molar-refractivity contribution in [2.75, 3.05) is 5.32 Å². The summed E-state index contributed by atoms with van der Waals surface area (Å²) in [6.07, 6.45) is 1.98. The number of nitrogens with one attached hydrogen (secondary N) is 2. The maximum absolute atomic E-state index is 12.2. The quantitative estimate of drug-likeness (QED) is 0.691. The summed E-state index contributed by atoms with van der Waals surface area (Å²) in [7, 11) is 0. The minimum atomic E-state index is -1.07. The van der Waals surface area contributed by atoms with Crippen molar-refractivity contribution in [1.29, 1.82) is 0 Å². The van der Waals surface area contributed by atoms with Crippen molar-refractivity contribution in [2.45, 2.75) is 6.42 Å². The van der Waals surface area contributed by atoms with Gasteiger partial charge in [0.05, 0.1) is 17.7 Å². The van der Waals surface area contributed by atoms with E-state index < -0.39 is 5.97 Å². The number of amides is 1. The molecule has 0 spiro atoms. The highest BCUT2D eigenvalue weighted by Crippen LogP contribution is 2.19. The van der Waals surface area contributed by atoms with E-state index in [4.69, 9.17) is 5.11 Å². The van der Waals surface area contributed by atoms with Gasteiger partial charge in [0, 0.05) is 17.1 Å². The second-order valence-corrected chi connectivity index (χ2v) is 4.94. The molecule has 0 saturated carbocycles. The van der Waals surface area contributed by atoms with E-state index in [1.807, 2.05) is 24.3 Å². The van der Waals surface area contributed by atoms with Crippen LogP contribution in [0.3, 0.4) is 0 Å². The van der Waals surface area contributed by atoms with Gasteiger partial charge in [-0.1, -0.05) is 30.3 Å². The summed E-state index contributed by atoms with van der Waals surface area (Å²) < 4.78 is 0. The maximum atomic E-state index is 12.2. The standard InChI is InChI=1S/C17H14N2O3/c20-16(19-15-8-4-2-6-13(15)17(21)22)9-11-10-18-14-7-3-1-5-12(11)14/h1-8,10,18H,9H2,(H,19,20)(H,21,22). The minimum Gasteiger partial charge on any atom is -0.478 e. The van der Waals surface area contributed by atoms with Crippen LogP contribution in [0.4, 0.5) is 5.69 Å². The zero-order valence-electron chi connectivity index (χ0n) is 11.7. The lowest BCUT2D eigenvalue weighted by molar-refractivity contribution is -0.115. The number of hydrogen-bond donors (Lipinski definition) is 3. The smallest absolute Gasteiger partial charge is 0.337 e. The molecule has 2 aromatic carbocycles.